The number of hydrogen-bond acceptors (Lipinski definition) is 6. The Morgan fingerprint density at radius 3 is 2.52 bits per heavy atom. The lowest BCUT2D eigenvalue weighted by molar-refractivity contribution is 0.416. The van der Waals surface area contributed by atoms with E-state index in [0.29, 0.717) is 18.3 Å². The first-order valence-electron chi connectivity index (χ1n) is 8.05. The molecule has 0 atom stereocenters. The topological polar surface area (TPSA) is 72.0 Å². The zero-order valence-corrected chi connectivity index (χ0v) is 14.6. The lowest BCUT2D eigenvalue weighted by Crippen LogP contribution is -2.06. The van der Waals surface area contributed by atoms with E-state index in [4.69, 9.17) is 4.74 Å². The summed E-state index contributed by atoms with van der Waals surface area (Å²) in [4.78, 5) is 4.45. The van der Waals surface area contributed by atoms with Gasteiger partial charge in [-0.15, -0.1) is 5.10 Å². The van der Waals surface area contributed by atoms with E-state index >= 15 is 0 Å². The van der Waals surface area contributed by atoms with Crippen molar-refractivity contribution >= 4 is 17.5 Å². The van der Waals surface area contributed by atoms with Gasteiger partial charge in [-0.2, -0.15) is 10.1 Å². The molecule has 2 aromatic carbocycles. The Kier molecular flexibility index (Phi) is 5.09. The van der Waals surface area contributed by atoms with Gasteiger partial charge in [-0.1, -0.05) is 35.9 Å². The fraction of sp³-hybridized carbons (Fsp3) is 0.211. The van der Waals surface area contributed by atoms with Crippen LogP contribution >= 0.6 is 0 Å². The average molecular weight is 335 g/mol. The Labute approximate surface area is 147 Å². The molecule has 0 spiro atoms. The predicted octanol–water partition coefficient (Wildman–Crippen LogP) is 3.85. The summed E-state index contributed by atoms with van der Waals surface area (Å²) >= 11 is 0. The smallest absolute Gasteiger partial charge is 0.244 e. The van der Waals surface area contributed by atoms with E-state index in [1.54, 1.807) is 13.3 Å². The molecule has 0 radical (unpaired) electrons. The van der Waals surface area contributed by atoms with Gasteiger partial charge >= 0.3 is 0 Å². The first kappa shape index (κ1) is 16.7. The molecular formula is C19H21N5O. The van der Waals surface area contributed by atoms with Gasteiger partial charge in [0, 0.05) is 6.54 Å². The second-order valence-corrected chi connectivity index (χ2v) is 5.83. The number of ether oxygens (including phenoxy) is 1. The summed E-state index contributed by atoms with van der Waals surface area (Å²) in [5, 5.41) is 14.5. The van der Waals surface area contributed by atoms with Crippen molar-refractivity contribution in [1.29, 1.82) is 0 Å². The van der Waals surface area contributed by atoms with Crippen molar-refractivity contribution < 1.29 is 4.74 Å². The molecule has 0 saturated heterocycles. The molecule has 25 heavy (non-hydrogen) atoms. The summed E-state index contributed by atoms with van der Waals surface area (Å²) in [5.74, 6) is 1.82. The number of aromatic nitrogens is 3. The lowest BCUT2D eigenvalue weighted by Gasteiger charge is -2.12. The monoisotopic (exact) mass is 335 g/mol. The SMILES string of the molecule is COc1ccc(C)cc1Nc1cnnc(NCc2ccc(C)cc2)n1. The molecule has 0 amide bonds. The number of aryl methyl sites for hydroxylation is 2. The molecule has 0 unspecified atom stereocenters. The van der Waals surface area contributed by atoms with Crippen molar-refractivity contribution in [3.8, 4) is 5.75 Å². The largest absolute Gasteiger partial charge is 0.495 e. The summed E-state index contributed by atoms with van der Waals surface area (Å²) in [6, 6.07) is 14.2. The number of methoxy groups -OCH3 is 1. The van der Waals surface area contributed by atoms with Crippen molar-refractivity contribution in [2.45, 2.75) is 20.4 Å². The van der Waals surface area contributed by atoms with Gasteiger partial charge in [0.1, 0.15) is 5.75 Å². The second-order valence-electron chi connectivity index (χ2n) is 5.83. The quantitative estimate of drug-likeness (QED) is 0.713. The highest BCUT2D eigenvalue weighted by molar-refractivity contribution is 5.65. The minimum atomic E-state index is 0.470. The van der Waals surface area contributed by atoms with Crippen LogP contribution in [0.4, 0.5) is 17.5 Å². The highest BCUT2D eigenvalue weighted by atomic mass is 16.5. The fourth-order valence-corrected chi connectivity index (χ4v) is 2.38. The van der Waals surface area contributed by atoms with Gasteiger partial charge < -0.3 is 15.4 Å². The Morgan fingerprint density at radius 1 is 1.00 bits per heavy atom. The van der Waals surface area contributed by atoms with Crippen LogP contribution in [0.1, 0.15) is 16.7 Å². The van der Waals surface area contributed by atoms with Gasteiger partial charge in [0.05, 0.1) is 19.0 Å². The summed E-state index contributed by atoms with van der Waals surface area (Å²) in [5.41, 5.74) is 4.36. The summed E-state index contributed by atoms with van der Waals surface area (Å²) in [6.07, 6.45) is 1.58. The maximum atomic E-state index is 5.38. The molecule has 0 aliphatic carbocycles. The standard InChI is InChI=1S/C19H21N5O/c1-13-4-7-15(8-5-13)11-20-19-23-18(12-21-24-19)22-16-10-14(2)6-9-17(16)25-3/h4-10,12H,11H2,1-3H3,(H2,20,22,23,24). The molecule has 0 saturated carbocycles. The molecule has 1 aromatic heterocycles. The molecule has 2 N–H and O–H groups in total. The van der Waals surface area contributed by atoms with Crippen molar-refractivity contribution in [3.05, 3.63) is 65.4 Å². The van der Waals surface area contributed by atoms with E-state index in [0.717, 1.165) is 22.6 Å². The molecule has 0 bridgehead atoms. The van der Waals surface area contributed by atoms with E-state index in [9.17, 15) is 0 Å². The maximum absolute atomic E-state index is 5.38. The van der Waals surface area contributed by atoms with Crippen LogP contribution in [0.15, 0.2) is 48.7 Å². The van der Waals surface area contributed by atoms with E-state index in [1.807, 2.05) is 25.1 Å². The Bertz CT molecular complexity index is 849. The van der Waals surface area contributed by atoms with Gasteiger partial charge in [-0.05, 0) is 37.1 Å². The third-order valence-corrected chi connectivity index (χ3v) is 3.75. The van der Waals surface area contributed by atoms with Gasteiger partial charge in [-0.25, -0.2) is 0 Å². The maximum Gasteiger partial charge on any atom is 0.244 e. The highest BCUT2D eigenvalue weighted by Crippen LogP contribution is 2.27. The fourth-order valence-electron chi connectivity index (χ4n) is 2.38. The molecule has 3 rings (SSSR count). The third-order valence-electron chi connectivity index (χ3n) is 3.75. The number of nitrogens with zero attached hydrogens (tertiary/aromatic N) is 3. The van der Waals surface area contributed by atoms with Crippen LogP contribution in [-0.4, -0.2) is 22.3 Å². The molecule has 128 valence electrons. The van der Waals surface area contributed by atoms with Crippen LogP contribution in [0.2, 0.25) is 0 Å². The van der Waals surface area contributed by atoms with E-state index in [1.165, 1.54) is 5.56 Å². The van der Waals surface area contributed by atoms with Crippen LogP contribution in [0, 0.1) is 13.8 Å². The summed E-state index contributed by atoms with van der Waals surface area (Å²) in [7, 11) is 1.64. The molecule has 1 heterocycles. The van der Waals surface area contributed by atoms with Crippen LogP contribution in [0.25, 0.3) is 0 Å². The first-order chi connectivity index (χ1) is 12.1. The van der Waals surface area contributed by atoms with E-state index < -0.39 is 0 Å². The number of anilines is 3. The number of benzene rings is 2. The molecular weight excluding hydrogens is 314 g/mol. The molecule has 0 aliphatic heterocycles. The Hall–Kier alpha value is -3.15. The van der Waals surface area contributed by atoms with Crippen molar-refractivity contribution in [2.24, 2.45) is 0 Å². The van der Waals surface area contributed by atoms with Gasteiger partial charge in [0.15, 0.2) is 5.82 Å². The number of rotatable bonds is 6. The van der Waals surface area contributed by atoms with Gasteiger partial charge in [0.2, 0.25) is 5.95 Å². The van der Waals surface area contributed by atoms with Crippen molar-refractivity contribution in [2.75, 3.05) is 17.7 Å². The average Bonchev–Trinajstić information content (AvgIpc) is 2.62. The third kappa shape index (κ3) is 4.44. The molecule has 3 aromatic rings. The first-order valence-corrected chi connectivity index (χ1v) is 8.05. The molecule has 0 fully saturated rings. The lowest BCUT2D eigenvalue weighted by atomic mass is 10.1. The van der Waals surface area contributed by atoms with Crippen molar-refractivity contribution in [1.82, 2.24) is 15.2 Å². The van der Waals surface area contributed by atoms with E-state index in [2.05, 4.69) is 57.0 Å². The summed E-state index contributed by atoms with van der Waals surface area (Å²) < 4.78 is 5.38. The summed E-state index contributed by atoms with van der Waals surface area (Å²) in [6.45, 7) is 4.73. The van der Waals surface area contributed by atoms with Crippen LogP contribution in [-0.2, 0) is 6.54 Å². The zero-order chi connectivity index (χ0) is 17.6. The zero-order valence-electron chi connectivity index (χ0n) is 14.6. The molecule has 6 nitrogen and oxygen atoms in total. The van der Waals surface area contributed by atoms with Crippen LogP contribution < -0.4 is 15.4 Å². The highest BCUT2D eigenvalue weighted by Gasteiger charge is 2.06. The minimum absolute atomic E-state index is 0.470. The predicted molar refractivity (Wildman–Crippen MR) is 99.3 cm³/mol. The Morgan fingerprint density at radius 2 is 1.76 bits per heavy atom. The van der Waals surface area contributed by atoms with Crippen LogP contribution in [0.5, 0.6) is 5.75 Å². The van der Waals surface area contributed by atoms with Gasteiger partial charge in [0.25, 0.3) is 0 Å². The molecule has 0 aliphatic rings. The Balaban J connectivity index is 1.71. The normalized spacial score (nSPS) is 10.4. The van der Waals surface area contributed by atoms with Crippen molar-refractivity contribution in [3.63, 3.8) is 0 Å². The van der Waals surface area contributed by atoms with Crippen LogP contribution in [0.3, 0.4) is 0 Å². The van der Waals surface area contributed by atoms with E-state index in [-0.39, 0.29) is 0 Å². The minimum Gasteiger partial charge on any atom is -0.495 e. The number of hydrogen-bond donors (Lipinski definition) is 2. The molecule has 6 heteroatoms. The van der Waals surface area contributed by atoms with Gasteiger partial charge in [-0.3, -0.25) is 0 Å². The second kappa shape index (κ2) is 7.61. The number of nitrogens with one attached hydrogen (secondary N) is 2.